The largest absolute Gasteiger partial charge is 0.465 e. The van der Waals surface area contributed by atoms with Gasteiger partial charge in [-0.2, -0.15) is 0 Å². The predicted molar refractivity (Wildman–Crippen MR) is 91.4 cm³/mol. The van der Waals surface area contributed by atoms with Gasteiger partial charge in [0, 0.05) is 5.69 Å². The van der Waals surface area contributed by atoms with Gasteiger partial charge in [-0.05, 0) is 38.5 Å². The van der Waals surface area contributed by atoms with Crippen LogP contribution in [0.2, 0.25) is 0 Å². The summed E-state index contributed by atoms with van der Waals surface area (Å²) in [7, 11) is 1.19. The van der Waals surface area contributed by atoms with Crippen LogP contribution in [0.25, 0.3) is 0 Å². The Balaban J connectivity index is 2.14. The second-order valence-corrected chi connectivity index (χ2v) is 5.88. The van der Waals surface area contributed by atoms with Crippen molar-refractivity contribution in [2.24, 2.45) is 0 Å². The number of benzene rings is 1. The first-order valence-corrected chi connectivity index (χ1v) is 8.01. The molecular weight excluding hydrogens is 381 g/mol. The fourth-order valence-corrected chi connectivity index (χ4v) is 2.49. The molecule has 0 saturated heterocycles. The lowest BCUT2D eigenvalue weighted by Gasteiger charge is -2.14. The van der Waals surface area contributed by atoms with E-state index >= 15 is 0 Å². The van der Waals surface area contributed by atoms with Gasteiger partial charge >= 0.3 is 11.9 Å². The number of carbonyl (C=O) groups excluding carboxylic acids is 3. The molecule has 28 heavy (non-hydrogen) atoms. The van der Waals surface area contributed by atoms with Crippen molar-refractivity contribution in [3.05, 3.63) is 52.1 Å². The molecule has 10 heteroatoms. The fourth-order valence-electron chi connectivity index (χ4n) is 2.49. The van der Waals surface area contributed by atoms with Crippen LogP contribution in [-0.2, 0) is 14.3 Å². The van der Waals surface area contributed by atoms with Crippen molar-refractivity contribution in [1.82, 2.24) is 4.98 Å². The smallest absolute Gasteiger partial charge is 0.355 e. The van der Waals surface area contributed by atoms with Crippen molar-refractivity contribution >= 4 is 23.5 Å². The third-order valence-electron chi connectivity index (χ3n) is 3.98. The number of anilines is 1. The average molecular weight is 398 g/mol. The number of H-pyrrole nitrogens is 1. The molecule has 2 N–H and O–H groups in total. The van der Waals surface area contributed by atoms with Crippen molar-refractivity contribution in [1.29, 1.82) is 0 Å². The third kappa shape index (κ3) is 4.00. The predicted octanol–water partition coefficient (Wildman–Crippen LogP) is 3.02. The Kier molecular flexibility index (Phi) is 6.12. The SMILES string of the molecule is COC(=O)c1c(C)[nH]c(C(=O)OC(C)C(=O)Nc2ccc(F)c(F)c2F)c1C. The zero-order valence-corrected chi connectivity index (χ0v) is 15.4. The molecule has 1 aromatic heterocycles. The summed E-state index contributed by atoms with van der Waals surface area (Å²) < 4.78 is 49.4. The number of halogens is 3. The van der Waals surface area contributed by atoms with E-state index in [1.807, 2.05) is 5.32 Å². The van der Waals surface area contributed by atoms with Crippen LogP contribution in [0, 0.1) is 31.3 Å². The highest BCUT2D eigenvalue weighted by Gasteiger charge is 2.27. The normalized spacial score (nSPS) is 11.7. The quantitative estimate of drug-likeness (QED) is 0.596. The number of aromatic amines is 1. The molecule has 1 amide bonds. The summed E-state index contributed by atoms with van der Waals surface area (Å²) in [6, 6.07) is 1.48. The van der Waals surface area contributed by atoms with Crippen LogP contribution in [0.4, 0.5) is 18.9 Å². The number of ether oxygens (including phenoxy) is 2. The lowest BCUT2D eigenvalue weighted by atomic mass is 10.1. The van der Waals surface area contributed by atoms with Gasteiger partial charge in [-0.3, -0.25) is 4.79 Å². The minimum atomic E-state index is -1.74. The van der Waals surface area contributed by atoms with Crippen LogP contribution in [0.15, 0.2) is 12.1 Å². The molecule has 0 aliphatic heterocycles. The Bertz CT molecular complexity index is 955. The van der Waals surface area contributed by atoms with E-state index in [0.717, 1.165) is 6.07 Å². The molecule has 0 fully saturated rings. The van der Waals surface area contributed by atoms with Gasteiger partial charge in [0.15, 0.2) is 23.6 Å². The van der Waals surface area contributed by atoms with Gasteiger partial charge in [0.05, 0.1) is 18.4 Å². The summed E-state index contributed by atoms with van der Waals surface area (Å²) in [5.41, 5.74) is 0.143. The van der Waals surface area contributed by atoms with E-state index in [1.165, 1.54) is 21.0 Å². The summed E-state index contributed by atoms with van der Waals surface area (Å²) in [6.45, 7) is 4.25. The number of hydrogen-bond donors (Lipinski definition) is 2. The van der Waals surface area contributed by atoms with E-state index in [4.69, 9.17) is 4.74 Å². The molecule has 1 aromatic carbocycles. The van der Waals surface area contributed by atoms with E-state index in [0.29, 0.717) is 11.8 Å². The van der Waals surface area contributed by atoms with Gasteiger partial charge in [-0.25, -0.2) is 22.8 Å². The van der Waals surface area contributed by atoms with Crippen LogP contribution in [0.3, 0.4) is 0 Å². The maximum absolute atomic E-state index is 13.6. The Morgan fingerprint density at radius 1 is 1.07 bits per heavy atom. The first kappa shape index (κ1) is 21.0. The Morgan fingerprint density at radius 2 is 1.71 bits per heavy atom. The number of aromatic nitrogens is 1. The number of nitrogens with one attached hydrogen (secondary N) is 2. The van der Waals surface area contributed by atoms with Gasteiger partial charge in [0.25, 0.3) is 5.91 Å². The molecule has 0 saturated carbocycles. The average Bonchev–Trinajstić information content (AvgIpc) is 2.95. The molecule has 150 valence electrons. The Morgan fingerprint density at radius 3 is 2.32 bits per heavy atom. The molecular formula is C18H17F3N2O5. The molecule has 2 aromatic rings. The molecule has 0 spiro atoms. The summed E-state index contributed by atoms with van der Waals surface area (Å²) in [5, 5.41) is 2.01. The third-order valence-corrected chi connectivity index (χ3v) is 3.98. The molecule has 0 bridgehead atoms. The first-order valence-electron chi connectivity index (χ1n) is 8.01. The highest BCUT2D eigenvalue weighted by molar-refractivity contribution is 6.00. The topological polar surface area (TPSA) is 97.5 Å². The Labute approximate surface area is 157 Å². The summed E-state index contributed by atoms with van der Waals surface area (Å²) in [5.74, 6) is -7.28. The van der Waals surface area contributed by atoms with Crippen molar-refractivity contribution in [2.75, 3.05) is 12.4 Å². The maximum Gasteiger partial charge on any atom is 0.355 e. The van der Waals surface area contributed by atoms with Crippen LogP contribution in [-0.4, -0.2) is 36.0 Å². The van der Waals surface area contributed by atoms with E-state index in [1.54, 1.807) is 6.92 Å². The number of aryl methyl sites for hydroxylation is 1. The number of methoxy groups -OCH3 is 1. The first-order chi connectivity index (χ1) is 13.1. The van der Waals surface area contributed by atoms with Crippen molar-refractivity contribution in [3.8, 4) is 0 Å². The second kappa shape index (κ2) is 8.15. The van der Waals surface area contributed by atoms with Crippen LogP contribution in [0.5, 0.6) is 0 Å². The molecule has 1 heterocycles. The van der Waals surface area contributed by atoms with Crippen LogP contribution in [0.1, 0.15) is 39.0 Å². The molecule has 1 unspecified atom stereocenters. The van der Waals surface area contributed by atoms with E-state index in [-0.39, 0.29) is 16.8 Å². The standard InChI is InChI=1S/C18H17F3N2O5/c1-7-12(17(25)27-4)8(2)22-15(7)18(26)28-9(3)16(24)23-11-6-5-10(19)13(20)14(11)21/h5-6,9,22H,1-4H3,(H,23,24). The summed E-state index contributed by atoms with van der Waals surface area (Å²) in [4.78, 5) is 38.8. The molecule has 2 rings (SSSR count). The zero-order chi connectivity index (χ0) is 21.2. The monoisotopic (exact) mass is 398 g/mol. The van der Waals surface area contributed by atoms with E-state index in [9.17, 15) is 27.6 Å². The molecule has 0 aliphatic carbocycles. The van der Waals surface area contributed by atoms with Gasteiger partial charge in [-0.1, -0.05) is 0 Å². The molecule has 7 nitrogen and oxygen atoms in total. The van der Waals surface area contributed by atoms with Crippen molar-refractivity contribution in [3.63, 3.8) is 0 Å². The van der Waals surface area contributed by atoms with Crippen LogP contribution >= 0.6 is 0 Å². The number of esters is 2. The molecule has 0 radical (unpaired) electrons. The highest BCUT2D eigenvalue weighted by Crippen LogP contribution is 2.22. The van der Waals surface area contributed by atoms with Gasteiger partial charge in [0.2, 0.25) is 0 Å². The van der Waals surface area contributed by atoms with Crippen molar-refractivity contribution in [2.45, 2.75) is 26.9 Å². The Hall–Kier alpha value is -3.30. The lowest BCUT2D eigenvalue weighted by Crippen LogP contribution is -2.30. The number of hydrogen-bond acceptors (Lipinski definition) is 5. The fraction of sp³-hybridized carbons (Fsp3) is 0.278. The lowest BCUT2D eigenvalue weighted by molar-refractivity contribution is -0.123. The second-order valence-electron chi connectivity index (χ2n) is 5.88. The molecule has 1 atom stereocenters. The van der Waals surface area contributed by atoms with Gasteiger partial charge < -0.3 is 19.8 Å². The van der Waals surface area contributed by atoms with E-state index < -0.39 is 47.1 Å². The minimum absolute atomic E-state index is 0.0587. The maximum atomic E-state index is 13.6. The minimum Gasteiger partial charge on any atom is -0.465 e. The zero-order valence-electron chi connectivity index (χ0n) is 15.4. The molecule has 0 aliphatic rings. The number of carbonyl (C=O) groups is 3. The van der Waals surface area contributed by atoms with Crippen LogP contribution < -0.4 is 5.32 Å². The van der Waals surface area contributed by atoms with Crippen molar-refractivity contribution < 1.29 is 37.0 Å². The van der Waals surface area contributed by atoms with E-state index in [2.05, 4.69) is 9.72 Å². The highest BCUT2D eigenvalue weighted by atomic mass is 19.2. The van der Waals surface area contributed by atoms with Gasteiger partial charge in [0.1, 0.15) is 5.69 Å². The summed E-state index contributed by atoms with van der Waals surface area (Å²) >= 11 is 0. The van der Waals surface area contributed by atoms with Gasteiger partial charge in [-0.15, -0.1) is 0 Å². The number of rotatable bonds is 5. The summed E-state index contributed by atoms with van der Waals surface area (Å²) in [6.07, 6.45) is -1.40. The number of amides is 1.